The fourth-order valence-electron chi connectivity index (χ4n) is 3.37. The van der Waals surface area contributed by atoms with E-state index >= 15 is 0 Å². The lowest BCUT2D eigenvalue weighted by molar-refractivity contribution is 0.306. The number of aryl methyl sites for hydroxylation is 1. The molecular formula is C16H22N4OS. The van der Waals surface area contributed by atoms with Gasteiger partial charge in [0, 0.05) is 25.9 Å². The van der Waals surface area contributed by atoms with Gasteiger partial charge in [-0.2, -0.15) is 0 Å². The quantitative estimate of drug-likeness (QED) is 0.605. The molecule has 22 heavy (non-hydrogen) atoms. The second kappa shape index (κ2) is 5.74. The van der Waals surface area contributed by atoms with Crippen molar-refractivity contribution in [2.75, 3.05) is 25.4 Å². The van der Waals surface area contributed by atoms with E-state index in [-0.39, 0.29) is 0 Å². The van der Waals surface area contributed by atoms with Gasteiger partial charge in [0.2, 0.25) is 0 Å². The highest BCUT2D eigenvalue weighted by molar-refractivity contribution is 7.99. The normalized spacial score (nSPS) is 23.9. The van der Waals surface area contributed by atoms with Crippen LogP contribution < -0.4 is 0 Å². The zero-order chi connectivity index (χ0) is 15.1. The number of furan rings is 1. The molecule has 2 aromatic rings. The van der Waals surface area contributed by atoms with Gasteiger partial charge in [-0.25, -0.2) is 0 Å². The van der Waals surface area contributed by atoms with Crippen molar-refractivity contribution in [2.24, 2.45) is 18.9 Å². The largest absolute Gasteiger partial charge is 0.461 e. The van der Waals surface area contributed by atoms with Crippen molar-refractivity contribution in [3.05, 3.63) is 17.9 Å². The standard InChI is InChI=1S/C16H22N4OS/c1-11-4-6-21-14(11)15-17-18-16(19(15)2)22-7-3-5-20-9-12-8-13(12)10-20/h4,6,12-13H,3,5,7-10H2,1-2H3/t12-,13+. The van der Waals surface area contributed by atoms with Gasteiger partial charge in [-0.1, -0.05) is 11.8 Å². The molecule has 0 amide bonds. The molecule has 2 fully saturated rings. The Balaban J connectivity index is 1.30. The molecule has 0 aromatic carbocycles. The summed E-state index contributed by atoms with van der Waals surface area (Å²) in [6.07, 6.45) is 4.40. The van der Waals surface area contributed by atoms with Crippen molar-refractivity contribution in [1.29, 1.82) is 0 Å². The smallest absolute Gasteiger partial charge is 0.200 e. The molecule has 1 aliphatic heterocycles. The lowest BCUT2D eigenvalue weighted by Gasteiger charge is -2.16. The minimum Gasteiger partial charge on any atom is -0.461 e. The van der Waals surface area contributed by atoms with Crippen LogP contribution in [0.4, 0.5) is 0 Å². The van der Waals surface area contributed by atoms with Crippen LogP contribution in [0.3, 0.4) is 0 Å². The number of aromatic nitrogens is 3. The Bertz CT molecular complexity index is 655. The number of likely N-dealkylation sites (tertiary alicyclic amines) is 1. The number of fused-ring (bicyclic) bond motifs is 1. The maximum atomic E-state index is 5.51. The molecule has 0 spiro atoms. The molecular weight excluding hydrogens is 296 g/mol. The Labute approximate surface area is 135 Å². The number of nitrogens with zero attached hydrogens (tertiary/aromatic N) is 4. The van der Waals surface area contributed by atoms with E-state index < -0.39 is 0 Å². The Morgan fingerprint density at radius 1 is 1.32 bits per heavy atom. The summed E-state index contributed by atoms with van der Waals surface area (Å²) in [6.45, 7) is 5.92. The number of thioether (sulfide) groups is 1. The monoisotopic (exact) mass is 318 g/mol. The summed E-state index contributed by atoms with van der Waals surface area (Å²) in [5, 5.41) is 9.55. The van der Waals surface area contributed by atoms with E-state index in [2.05, 4.69) is 15.1 Å². The van der Waals surface area contributed by atoms with Crippen LogP contribution in [0.2, 0.25) is 0 Å². The number of hydrogen-bond donors (Lipinski definition) is 0. The van der Waals surface area contributed by atoms with Crippen LogP contribution in [0.1, 0.15) is 18.4 Å². The first-order valence-electron chi connectivity index (χ1n) is 8.01. The highest BCUT2D eigenvalue weighted by Crippen LogP contribution is 2.44. The molecule has 0 bridgehead atoms. The van der Waals surface area contributed by atoms with Gasteiger partial charge in [-0.15, -0.1) is 10.2 Å². The van der Waals surface area contributed by atoms with Gasteiger partial charge in [0.15, 0.2) is 16.7 Å². The van der Waals surface area contributed by atoms with Crippen LogP contribution in [0.25, 0.3) is 11.6 Å². The second-order valence-corrected chi connectivity index (χ2v) is 7.58. The third-order valence-electron chi connectivity index (χ3n) is 4.80. The summed E-state index contributed by atoms with van der Waals surface area (Å²) in [4.78, 5) is 2.62. The fraction of sp³-hybridized carbons (Fsp3) is 0.625. The molecule has 118 valence electrons. The van der Waals surface area contributed by atoms with Crippen LogP contribution in [-0.4, -0.2) is 45.1 Å². The molecule has 6 heteroatoms. The SMILES string of the molecule is Cc1ccoc1-c1nnc(SCCCN2C[C@H]3C[C@H]3C2)n1C. The van der Waals surface area contributed by atoms with E-state index in [1.807, 2.05) is 24.6 Å². The Kier molecular flexibility index (Phi) is 3.74. The van der Waals surface area contributed by atoms with Crippen molar-refractivity contribution in [3.63, 3.8) is 0 Å². The van der Waals surface area contributed by atoms with E-state index in [9.17, 15) is 0 Å². The zero-order valence-electron chi connectivity index (χ0n) is 13.2. The molecule has 4 rings (SSSR count). The topological polar surface area (TPSA) is 47.1 Å². The van der Waals surface area contributed by atoms with Gasteiger partial charge in [0.25, 0.3) is 0 Å². The van der Waals surface area contributed by atoms with Crippen molar-refractivity contribution in [1.82, 2.24) is 19.7 Å². The lowest BCUT2D eigenvalue weighted by Crippen LogP contribution is -2.24. The average molecular weight is 318 g/mol. The van der Waals surface area contributed by atoms with E-state index in [0.717, 1.165) is 39.9 Å². The summed E-state index contributed by atoms with van der Waals surface area (Å²) in [6, 6.07) is 1.96. The van der Waals surface area contributed by atoms with Crippen LogP contribution >= 0.6 is 11.8 Å². The summed E-state index contributed by atoms with van der Waals surface area (Å²) in [7, 11) is 2.01. The van der Waals surface area contributed by atoms with Gasteiger partial charge in [-0.3, -0.25) is 0 Å². The molecule has 0 radical (unpaired) electrons. The predicted octanol–water partition coefficient (Wildman–Crippen LogP) is 2.82. The number of rotatable bonds is 6. The lowest BCUT2D eigenvalue weighted by atomic mass is 10.3. The third kappa shape index (κ3) is 2.70. The van der Waals surface area contributed by atoms with Crippen LogP contribution in [0, 0.1) is 18.8 Å². The Morgan fingerprint density at radius 3 is 2.86 bits per heavy atom. The fourth-order valence-corrected chi connectivity index (χ4v) is 4.20. The summed E-state index contributed by atoms with van der Waals surface area (Å²) in [5.74, 6) is 4.79. The first kappa shape index (κ1) is 14.3. The van der Waals surface area contributed by atoms with Gasteiger partial charge in [0.05, 0.1) is 6.26 Å². The third-order valence-corrected chi connectivity index (χ3v) is 5.91. The van der Waals surface area contributed by atoms with Crippen LogP contribution in [0.5, 0.6) is 0 Å². The highest BCUT2D eigenvalue weighted by Gasteiger charge is 2.44. The average Bonchev–Trinajstić information content (AvgIpc) is 2.86. The van der Waals surface area contributed by atoms with Crippen molar-refractivity contribution >= 4 is 11.8 Å². The van der Waals surface area contributed by atoms with Crippen LogP contribution in [0.15, 0.2) is 21.9 Å². The van der Waals surface area contributed by atoms with E-state index in [4.69, 9.17) is 4.42 Å². The van der Waals surface area contributed by atoms with Gasteiger partial charge in [0.1, 0.15) is 0 Å². The predicted molar refractivity (Wildman–Crippen MR) is 86.8 cm³/mol. The van der Waals surface area contributed by atoms with Crippen LogP contribution in [-0.2, 0) is 7.05 Å². The first-order valence-corrected chi connectivity index (χ1v) is 9.00. The van der Waals surface area contributed by atoms with E-state index in [1.165, 1.54) is 32.5 Å². The number of piperidine rings is 1. The maximum Gasteiger partial charge on any atom is 0.200 e. The molecule has 2 aliphatic rings. The van der Waals surface area contributed by atoms with Gasteiger partial charge >= 0.3 is 0 Å². The molecule has 1 saturated heterocycles. The zero-order valence-corrected chi connectivity index (χ0v) is 14.0. The highest BCUT2D eigenvalue weighted by atomic mass is 32.2. The summed E-state index contributed by atoms with van der Waals surface area (Å²) in [5.41, 5.74) is 1.10. The van der Waals surface area contributed by atoms with Gasteiger partial charge in [-0.05, 0) is 49.8 Å². The molecule has 5 nitrogen and oxygen atoms in total. The first-order chi connectivity index (χ1) is 10.7. The van der Waals surface area contributed by atoms with Crippen molar-refractivity contribution in [3.8, 4) is 11.6 Å². The Hall–Kier alpha value is -1.27. The molecule has 0 N–H and O–H groups in total. The maximum absolute atomic E-state index is 5.51. The summed E-state index contributed by atoms with van der Waals surface area (Å²) < 4.78 is 7.54. The molecule has 0 unspecified atom stereocenters. The Morgan fingerprint density at radius 2 is 2.14 bits per heavy atom. The molecule has 2 aromatic heterocycles. The van der Waals surface area contributed by atoms with E-state index in [0.29, 0.717) is 0 Å². The summed E-state index contributed by atoms with van der Waals surface area (Å²) >= 11 is 1.79. The minimum atomic E-state index is 0.810. The molecule has 2 atom stereocenters. The molecule has 3 heterocycles. The molecule has 1 saturated carbocycles. The van der Waals surface area contributed by atoms with Crippen molar-refractivity contribution < 1.29 is 4.42 Å². The molecule has 1 aliphatic carbocycles. The van der Waals surface area contributed by atoms with Crippen molar-refractivity contribution in [2.45, 2.75) is 24.9 Å². The number of hydrogen-bond acceptors (Lipinski definition) is 5. The second-order valence-electron chi connectivity index (χ2n) is 6.52. The minimum absolute atomic E-state index is 0.810. The van der Waals surface area contributed by atoms with Gasteiger partial charge < -0.3 is 13.9 Å². The van der Waals surface area contributed by atoms with E-state index in [1.54, 1.807) is 18.0 Å².